The van der Waals surface area contributed by atoms with Gasteiger partial charge in [0, 0.05) is 24.0 Å². The number of ether oxygens (including phenoxy) is 2. The van der Waals surface area contributed by atoms with E-state index in [1.165, 1.54) is 13.1 Å². The van der Waals surface area contributed by atoms with Crippen LogP contribution in [0.1, 0.15) is 0 Å². The summed E-state index contributed by atoms with van der Waals surface area (Å²) in [6, 6.07) is 13.9. The molecular formula is C21H21N5O4S. The van der Waals surface area contributed by atoms with Gasteiger partial charge in [-0.2, -0.15) is 0 Å². The zero-order valence-corrected chi connectivity index (χ0v) is 18.0. The van der Waals surface area contributed by atoms with Crippen molar-refractivity contribution in [1.82, 2.24) is 19.1 Å². The van der Waals surface area contributed by atoms with Gasteiger partial charge in [-0.05, 0) is 37.4 Å². The normalized spacial score (nSPS) is 11.5. The summed E-state index contributed by atoms with van der Waals surface area (Å²) in [4.78, 5) is 9.20. The number of methoxy groups -OCH3 is 2. The Morgan fingerprint density at radius 3 is 2.52 bits per heavy atom. The molecule has 0 spiro atoms. The highest BCUT2D eigenvalue weighted by Crippen LogP contribution is 2.33. The quantitative estimate of drug-likeness (QED) is 0.456. The van der Waals surface area contributed by atoms with Crippen LogP contribution in [0.25, 0.3) is 16.9 Å². The predicted octanol–water partition coefficient (Wildman–Crippen LogP) is 3.07. The molecule has 0 fully saturated rings. The second-order valence-corrected chi connectivity index (χ2v) is 8.37. The molecule has 31 heavy (non-hydrogen) atoms. The maximum Gasteiger partial charge on any atom is 0.242 e. The van der Waals surface area contributed by atoms with Crippen molar-refractivity contribution < 1.29 is 17.9 Å². The van der Waals surface area contributed by atoms with Crippen LogP contribution in [0, 0.1) is 0 Å². The van der Waals surface area contributed by atoms with E-state index < -0.39 is 10.0 Å². The van der Waals surface area contributed by atoms with Crippen molar-refractivity contribution in [1.29, 1.82) is 0 Å². The Labute approximate surface area is 179 Å². The number of para-hydroxylation sites is 1. The summed E-state index contributed by atoms with van der Waals surface area (Å²) in [5.74, 6) is 1.60. The second kappa shape index (κ2) is 8.25. The number of nitrogens with zero attached hydrogens (tertiary/aromatic N) is 3. The summed E-state index contributed by atoms with van der Waals surface area (Å²) >= 11 is 0. The first-order valence-electron chi connectivity index (χ1n) is 9.33. The van der Waals surface area contributed by atoms with Crippen LogP contribution in [0.5, 0.6) is 11.5 Å². The molecule has 2 aromatic carbocycles. The number of hydrogen-bond acceptors (Lipinski definition) is 7. The van der Waals surface area contributed by atoms with E-state index in [1.54, 1.807) is 55.3 Å². The average Bonchev–Trinajstić information content (AvgIpc) is 3.28. The van der Waals surface area contributed by atoms with Gasteiger partial charge in [0.2, 0.25) is 16.0 Å². The fraction of sp³-hybridized carbons (Fsp3) is 0.143. The average molecular weight is 439 g/mol. The van der Waals surface area contributed by atoms with Crippen LogP contribution in [0.3, 0.4) is 0 Å². The number of benzene rings is 2. The lowest BCUT2D eigenvalue weighted by Gasteiger charge is -2.14. The van der Waals surface area contributed by atoms with Gasteiger partial charge in [-0.1, -0.05) is 12.1 Å². The molecule has 4 aromatic rings. The maximum atomic E-state index is 12.4. The highest BCUT2D eigenvalue weighted by molar-refractivity contribution is 7.89. The third-order valence-electron chi connectivity index (χ3n) is 4.76. The van der Waals surface area contributed by atoms with Crippen molar-refractivity contribution >= 4 is 27.3 Å². The third-order valence-corrected chi connectivity index (χ3v) is 6.23. The number of imidazole rings is 1. The Kier molecular flexibility index (Phi) is 5.49. The number of anilines is 2. The molecule has 0 aliphatic rings. The van der Waals surface area contributed by atoms with E-state index in [2.05, 4.69) is 15.0 Å². The van der Waals surface area contributed by atoms with E-state index in [-0.39, 0.29) is 4.90 Å². The maximum absolute atomic E-state index is 12.4. The molecule has 0 atom stereocenters. The Hall–Kier alpha value is -3.63. The van der Waals surface area contributed by atoms with E-state index in [4.69, 9.17) is 14.5 Å². The largest absolute Gasteiger partial charge is 0.493 e. The molecule has 0 unspecified atom stereocenters. The fourth-order valence-electron chi connectivity index (χ4n) is 3.19. The van der Waals surface area contributed by atoms with Crippen LogP contribution in [-0.4, -0.2) is 44.1 Å². The molecule has 2 heterocycles. The predicted molar refractivity (Wildman–Crippen MR) is 117 cm³/mol. The molecule has 0 aliphatic heterocycles. The minimum absolute atomic E-state index is 0.115. The summed E-state index contributed by atoms with van der Waals surface area (Å²) in [5, 5.41) is 3.14. The van der Waals surface area contributed by atoms with Crippen LogP contribution >= 0.6 is 0 Å². The molecule has 0 amide bonds. The van der Waals surface area contributed by atoms with E-state index >= 15 is 0 Å². The number of nitrogens with one attached hydrogen (secondary N) is 2. The van der Waals surface area contributed by atoms with Crippen molar-refractivity contribution in [3.63, 3.8) is 0 Å². The molecule has 0 aliphatic carbocycles. The van der Waals surface area contributed by atoms with Gasteiger partial charge in [-0.3, -0.25) is 4.40 Å². The number of sulfonamides is 1. The van der Waals surface area contributed by atoms with Gasteiger partial charge in [-0.15, -0.1) is 0 Å². The van der Waals surface area contributed by atoms with Gasteiger partial charge in [0.05, 0.1) is 25.6 Å². The number of rotatable bonds is 7. The van der Waals surface area contributed by atoms with Gasteiger partial charge in [-0.25, -0.2) is 23.1 Å². The van der Waals surface area contributed by atoms with Crippen molar-refractivity contribution in [2.75, 3.05) is 26.6 Å². The molecule has 0 radical (unpaired) electrons. The summed E-state index contributed by atoms with van der Waals surface area (Å²) in [6.07, 6.45) is 3.40. The SMILES string of the molecule is CNS(=O)(=O)c1ccccc1Nc1nc(-c2ccc(OC)c(OC)c2)cc2nccn12. The second-order valence-electron chi connectivity index (χ2n) is 6.52. The minimum atomic E-state index is -3.66. The van der Waals surface area contributed by atoms with E-state index in [1.807, 2.05) is 18.2 Å². The van der Waals surface area contributed by atoms with E-state index in [0.717, 1.165) is 5.56 Å². The molecule has 0 saturated carbocycles. The molecule has 0 saturated heterocycles. The molecule has 2 aromatic heterocycles. The summed E-state index contributed by atoms with van der Waals surface area (Å²) in [6.45, 7) is 0. The Morgan fingerprint density at radius 2 is 1.77 bits per heavy atom. The number of aromatic nitrogens is 3. The van der Waals surface area contributed by atoms with Crippen molar-refractivity contribution in [2.24, 2.45) is 0 Å². The van der Waals surface area contributed by atoms with Crippen LogP contribution in [0.4, 0.5) is 11.6 Å². The standard InChI is InChI=1S/C21H21N5O4S/c1-22-31(27,28)19-7-5-4-6-15(19)24-21-25-16(13-20-23-10-11-26(20)21)14-8-9-17(29-2)18(12-14)30-3/h4-13,22H,1-3H3,(H,24,25). The summed E-state index contributed by atoms with van der Waals surface area (Å²) < 4.78 is 39.6. The van der Waals surface area contributed by atoms with Gasteiger partial charge in [0.15, 0.2) is 11.5 Å². The number of hydrogen-bond donors (Lipinski definition) is 2. The first-order chi connectivity index (χ1) is 15.0. The molecule has 4 rings (SSSR count). The van der Waals surface area contributed by atoms with E-state index in [9.17, 15) is 8.42 Å². The molecule has 160 valence electrons. The molecule has 9 nitrogen and oxygen atoms in total. The molecular weight excluding hydrogens is 418 g/mol. The van der Waals surface area contributed by atoms with Crippen molar-refractivity contribution in [3.05, 3.63) is 60.9 Å². The highest BCUT2D eigenvalue weighted by Gasteiger charge is 2.18. The lowest BCUT2D eigenvalue weighted by molar-refractivity contribution is 0.355. The zero-order chi connectivity index (χ0) is 22.0. The van der Waals surface area contributed by atoms with Gasteiger partial charge in [0.25, 0.3) is 0 Å². The lowest BCUT2D eigenvalue weighted by atomic mass is 10.1. The van der Waals surface area contributed by atoms with E-state index in [0.29, 0.717) is 34.5 Å². The Morgan fingerprint density at radius 1 is 1.00 bits per heavy atom. The molecule has 2 N–H and O–H groups in total. The highest BCUT2D eigenvalue weighted by atomic mass is 32.2. The monoisotopic (exact) mass is 439 g/mol. The van der Waals surface area contributed by atoms with Gasteiger partial charge < -0.3 is 14.8 Å². The Balaban J connectivity index is 1.84. The fourth-order valence-corrected chi connectivity index (χ4v) is 4.08. The van der Waals surface area contributed by atoms with Crippen LogP contribution < -0.4 is 19.5 Å². The smallest absolute Gasteiger partial charge is 0.242 e. The van der Waals surface area contributed by atoms with Gasteiger partial charge in [0.1, 0.15) is 10.5 Å². The van der Waals surface area contributed by atoms with Gasteiger partial charge >= 0.3 is 0 Å². The van der Waals surface area contributed by atoms with Crippen LogP contribution in [0.15, 0.2) is 65.8 Å². The first-order valence-corrected chi connectivity index (χ1v) is 10.8. The number of fused-ring (bicyclic) bond motifs is 1. The third kappa shape index (κ3) is 3.90. The van der Waals surface area contributed by atoms with Crippen LogP contribution in [0.2, 0.25) is 0 Å². The first kappa shape index (κ1) is 20.6. The summed E-state index contributed by atoms with van der Waals surface area (Å²) in [5.41, 5.74) is 2.47. The topological polar surface area (TPSA) is 107 Å². The molecule has 10 heteroatoms. The van der Waals surface area contributed by atoms with Crippen molar-refractivity contribution in [3.8, 4) is 22.8 Å². The Bertz CT molecular complexity index is 1350. The lowest BCUT2D eigenvalue weighted by Crippen LogP contribution is -2.20. The minimum Gasteiger partial charge on any atom is -0.493 e. The zero-order valence-electron chi connectivity index (χ0n) is 17.2. The van der Waals surface area contributed by atoms with Crippen LogP contribution in [-0.2, 0) is 10.0 Å². The van der Waals surface area contributed by atoms with Crippen molar-refractivity contribution in [2.45, 2.75) is 4.90 Å². The molecule has 0 bridgehead atoms. The summed E-state index contributed by atoms with van der Waals surface area (Å²) in [7, 11) is 0.851.